The molecule has 4 aliphatic carbocycles. The van der Waals surface area contributed by atoms with Gasteiger partial charge in [0.2, 0.25) is 0 Å². The molecule has 0 aromatic rings. The molecule has 7 nitrogen and oxygen atoms in total. The minimum absolute atomic E-state index is 0.0420. The third-order valence-electron chi connectivity index (χ3n) is 11.0. The number of esters is 1. The molecular weight excluding hydrogens is 484 g/mol. The van der Waals surface area contributed by atoms with Crippen LogP contribution in [-0.2, 0) is 28.7 Å². The van der Waals surface area contributed by atoms with Gasteiger partial charge in [0.25, 0.3) is 0 Å². The first kappa shape index (κ1) is 28.6. The van der Waals surface area contributed by atoms with Gasteiger partial charge in [-0.1, -0.05) is 47.1 Å². The van der Waals surface area contributed by atoms with E-state index in [1.807, 2.05) is 34.6 Å². The number of ketones is 4. The summed E-state index contributed by atoms with van der Waals surface area (Å²) in [5.41, 5.74) is -1.66. The van der Waals surface area contributed by atoms with Gasteiger partial charge in [0.05, 0.1) is 24.5 Å². The molecule has 0 amide bonds. The van der Waals surface area contributed by atoms with Gasteiger partial charge in [-0.05, 0) is 43.1 Å². The van der Waals surface area contributed by atoms with Crippen LogP contribution in [0.4, 0.5) is 0 Å². The first-order valence-electron chi connectivity index (χ1n) is 13.8. The number of aliphatic hydroxyl groups is 1. The summed E-state index contributed by atoms with van der Waals surface area (Å²) in [5.74, 6) is -2.12. The lowest BCUT2D eigenvalue weighted by atomic mass is 9.42. The number of allylic oxidation sites excluding steroid dienone is 4. The number of aliphatic hydroxyl groups excluding tert-OH is 1. The van der Waals surface area contributed by atoms with Gasteiger partial charge >= 0.3 is 5.97 Å². The molecule has 1 N–H and O–H groups in total. The molecule has 0 heterocycles. The van der Waals surface area contributed by atoms with Crippen molar-refractivity contribution in [1.82, 2.24) is 0 Å². The highest BCUT2D eigenvalue weighted by Crippen LogP contribution is 2.68. The maximum absolute atomic E-state index is 14.0. The van der Waals surface area contributed by atoms with Crippen LogP contribution in [0, 0.1) is 39.4 Å². The van der Waals surface area contributed by atoms with E-state index in [1.54, 1.807) is 19.9 Å². The third-order valence-corrected chi connectivity index (χ3v) is 11.0. The molecule has 0 aromatic carbocycles. The molecule has 7 atom stereocenters. The Morgan fingerprint density at radius 2 is 1.66 bits per heavy atom. The van der Waals surface area contributed by atoms with E-state index in [-0.39, 0.29) is 60.7 Å². The Kier molecular flexibility index (Phi) is 6.83. The highest BCUT2D eigenvalue weighted by molar-refractivity contribution is 6.19. The van der Waals surface area contributed by atoms with Crippen molar-refractivity contribution in [3.05, 3.63) is 22.8 Å². The van der Waals surface area contributed by atoms with Crippen molar-refractivity contribution in [2.24, 2.45) is 39.4 Å². The minimum Gasteiger partial charge on any atom is -0.469 e. The second-order valence-electron chi connectivity index (χ2n) is 13.5. The molecule has 7 heteroatoms. The Morgan fingerprint density at radius 1 is 1.03 bits per heavy atom. The van der Waals surface area contributed by atoms with Crippen LogP contribution in [-0.4, -0.2) is 47.4 Å². The van der Waals surface area contributed by atoms with Gasteiger partial charge in [0.15, 0.2) is 17.3 Å². The van der Waals surface area contributed by atoms with E-state index in [0.29, 0.717) is 24.0 Å². The Morgan fingerprint density at radius 3 is 2.26 bits per heavy atom. The van der Waals surface area contributed by atoms with Crippen molar-refractivity contribution >= 4 is 29.1 Å². The number of hydrogen-bond acceptors (Lipinski definition) is 7. The van der Waals surface area contributed by atoms with Gasteiger partial charge < -0.3 is 9.84 Å². The summed E-state index contributed by atoms with van der Waals surface area (Å²) in [4.78, 5) is 66.4. The Balaban J connectivity index is 1.73. The lowest BCUT2D eigenvalue weighted by Crippen LogP contribution is -2.59. The van der Waals surface area contributed by atoms with Gasteiger partial charge in [0, 0.05) is 47.7 Å². The summed E-state index contributed by atoms with van der Waals surface area (Å²) in [6.07, 6.45) is 2.60. The zero-order valence-electron chi connectivity index (χ0n) is 24.0. The van der Waals surface area contributed by atoms with E-state index < -0.39 is 39.7 Å². The molecular formula is C31H42O7. The van der Waals surface area contributed by atoms with Gasteiger partial charge in [0.1, 0.15) is 5.78 Å². The van der Waals surface area contributed by atoms with E-state index >= 15 is 0 Å². The van der Waals surface area contributed by atoms with E-state index in [9.17, 15) is 29.1 Å². The van der Waals surface area contributed by atoms with E-state index in [2.05, 4.69) is 0 Å². The lowest BCUT2D eigenvalue weighted by Gasteiger charge is -2.59. The fourth-order valence-electron chi connectivity index (χ4n) is 8.46. The number of fused-ring (bicyclic) bond motifs is 4. The highest BCUT2D eigenvalue weighted by Gasteiger charge is 2.68. The summed E-state index contributed by atoms with van der Waals surface area (Å²) in [6.45, 7) is 13.2. The largest absolute Gasteiger partial charge is 0.469 e. The SMILES string of the molecule is COC(=O)C(C)CC(=O)C[C@@H](C)C1=CC(=O)[C@@]2(C)C3=C(C(=O)C[C@]12C)[C@@]1(C)CC[C@H](O)C(C)(C)C1CC3=O. The number of methoxy groups -OCH3 is 1. The fraction of sp³-hybridized carbons (Fsp3) is 0.710. The van der Waals surface area contributed by atoms with Crippen LogP contribution in [0.3, 0.4) is 0 Å². The smallest absolute Gasteiger partial charge is 0.308 e. The highest BCUT2D eigenvalue weighted by atomic mass is 16.5. The van der Waals surface area contributed by atoms with Crippen molar-refractivity contribution in [1.29, 1.82) is 0 Å². The van der Waals surface area contributed by atoms with Crippen LogP contribution < -0.4 is 0 Å². The van der Waals surface area contributed by atoms with E-state index in [4.69, 9.17) is 4.74 Å². The van der Waals surface area contributed by atoms with Crippen LogP contribution in [0.2, 0.25) is 0 Å². The van der Waals surface area contributed by atoms with Crippen LogP contribution >= 0.6 is 0 Å². The molecule has 208 valence electrons. The van der Waals surface area contributed by atoms with Crippen molar-refractivity contribution < 1.29 is 33.8 Å². The van der Waals surface area contributed by atoms with Crippen LogP contribution in [0.1, 0.15) is 87.0 Å². The zero-order chi connectivity index (χ0) is 28.6. The molecule has 38 heavy (non-hydrogen) atoms. The molecule has 2 unspecified atom stereocenters. The average molecular weight is 527 g/mol. The molecule has 0 saturated heterocycles. The second-order valence-corrected chi connectivity index (χ2v) is 13.5. The molecule has 1 saturated carbocycles. The first-order valence-corrected chi connectivity index (χ1v) is 13.8. The van der Waals surface area contributed by atoms with Crippen LogP contribution in [0.15, 0.2) is 22.8 Å². The minimum atomic E-state index is -1.19. The summed E-state index contributed by atoms with van der Waals surface area (Å²) in [5, 5.41) is 10.8. The molecule has 0 spiro atoms. The second kappa shape index (κ2) is 9.07. The van der Waals surface area contributed by atoms with Gasteiger partial charge in [-0.2, -0.15) is 0 Å². The predicted octanol–water partition coefficient (Wildman–Crippen LogP) is 4.35. The van der Waals surface area contributed by atoms with Crippen LogP contribution in [0.5, 0.6) is 0 Å². The molecule has 0 aromatic heterocycles. The van der Waals surface area contributed by atoms with E-state index in [1.165, 1.54) is 7.11 Å². The standard InChI is InChI=1S/C31H42O7/c1-16(11-18(32)12-17(2)27(37)38-8)19-13-24(36)31(7)26-20(33)14-22-28(3,4)23(35)9-10-29(22,5)25(26)21(34)15-30(19,31)6/h13,16-17,22-23,35H,9-12,14-15H2,1-8H3/t16-,17?,22?,23+,29+,30-,31+/m1/s1. The summed E-state index contributed by atoms with van der Waals surface area (Å²) in [7, 11) is 1.29. The Labute approximate surface area is 225 Å². The summed E-state index contributed by atoms with van der Waals surface area (Å²) >= 11 is 0. The molecule has 4 aliphatic rings. The quantitative estimate of drug-likeness (QED) is 0.512. The van der Waals surface area contributed by atoms with E-state index in [0.717, 1.165) is 5.57 Å². The average Bonchev–Trinajstić information content (AvgIpc) is 3.03. The Bertz CT molecular complexity index is 1190. The normalized spacial score (nSPS) is 37.6. The predicted molar refractivity (Wildman–Crippen MR) is 141 cm³/mol. The molecule has 0 bridgehead atoms. The number of rotatable bonds is 6. The number of carbonyl (C=O) groups is 5. The first-order chi connectivity index (χ1) is 17.5. The summed E-state index contributed by atoms with van der Waals surface area (Å²) in [6, 6.07) is 0. The fourth-order valence-corrected chi connectivity index (χ4v) is 8.46. The molecule has 1 fully saturated rings. The Hall–Kier alpha value is -2.41. The van der Waals surface area contributed by atoms with Crippen molar-refractivity contribution in [2.45, 2.75) is 93.1 Å². The van der Waals surface area contributed by atoms with Crippen LogP contribution in [0.25, 0.3) is 0 Å². The number of Topliss-reactive ketones (excluding diaryl/α,β-unsaturated/α-hetero) is 3. The number of carbonyl (C=O) groups excluding carboxylic acids is 5. The van der Waals surface area contributed by atoms with Crippen molar-refractivity contribution in [3.63, 3.8) is 0 Å². The van der Waals surface area contributed by atoms with Gasteiger partial charge in [-0.25, -0.2) is 0 Å². The lowest BCUT2D eigenvalue weighted by molar-refractivity contribution is -0.146. The van der Waals surface area contributed by atoms with Crippen molar-refractivity contribution in [3.8, 4) is 0 Å². The zero-order valence-corrected chi connectivity index (χ0v) is 24.0. The molecule has 4 rings (SSSR count). The molecule has 0 aliphatic heterocycles. The number of ether oxygens (including phenoxy) is 1. The monoisotopic (exact) mass is 526 g/mol. The number of hydrogen-bond donors (Lipinski definition) is 1. The summed E-state index contributed by atoms with van der Waals surface area (Å²) < 4.78 is 4.73. The maximum atomic E-state index is 14.0. The maximum Gasteiger partial charge on any atom is 0.308 e. The van der Waals surface area contributed by atoms with Gasteiger partial charge in [-0.3, -0.25) is 24.0 Å². The van der Waals surface area contributed by atoms with Gasteiger partial charge in [-0.15, -0.1) is 0 Å². The third kappa shape index (κ3) is 3.75. The molecule has 0 radical (unpaired) electrons. The van der Waals surface area contributed by atoms with Crippen molar-refractivity contribution in [2.75, 3.05) is 7.11 Å². The topological polar surface area (TPSA) is 115 Å².